The van der Waals surface area contributed by atoms with Gasteiger partial charge in [-0.1, -0.05) is 6.92 Å². The minimum absolute atomic E-state index is 0.0443. The SMILES string of the molecule is CC1CN(c2[c]cncc2)C(C(N)=O)C(N)C1O. The molecule has 18 heavy (non-hydrogen) atoms. The molecule has 0 aliphatic carbocycles. The minimum atomic E-state index is -0.736. The van der Waals surface area contributed by atoms with Gasteiger partial charge < -0.3 is 21.5 Å². The number of rotatable bonds is 2. The average molecular weight is 249 g/mol. The summed E-state index contributed by atoms with van der Waals surface area (Å²) in [5, 5.41) is 9.95. The fraction of sp³-hybridized carbons (Fsp3) is 0.500. The molecule has 1 aromatic heterocycles. The first kappa shape index (κ1) is 12.8. The highest BCUT2D eigenvalue weighted by atomic mass is 16.3. The van der Waals surface area contributed by atoms with Crippen molar-refractivity contribution in [2.24, 2.45) is 17.4 Å². The molecule has 1 amide bonds. The van der Waals surface area contributed by atoms with Crippen molar-refractivity contribution >= 4 is 11.6 Å². The molecule has 1 aliphatic heterocycles. The number of amides is 1. The van der Waals surface area contributed by atoms with Crippen LogP contribution in [-0.2, 0) is 4.79 Å². The molecule has 1 radical (unpaired) electrons. The molecule has 1 aliphatic rings. The van der Waals surface area contributed by atoms with Crippen molar-refractivity contribution in [2.45, 2.75) is 25.1 Å². The first-order chi connectivity index (χ1) is 8.52. The van der Waals surface area contributed by atoms with Crippen LogP contribution in [0.25, 0.3) is 0 Å². The Kier molecular flexibility index (Phi) is 3.49. The first-order valence-electron chi connectivity index (χ1n) is 5.83. The van der Waals surface area contributed by atoms with Crippen molar-refractivity contribution in [2.75, 3.05) is 11.4 Å². The second kappa shape index (κ2) is 4.91. The van der Waals surface area contributed by atoms with Gasteiger partial charge in [-0.25, -0.2) is 0 Å². The van der Waals surface area contributed by atoms with E-state index in [0.29, 0.717) is 12.2 Å². The highest BCUT2D eigenvalue weighted by Crippen LogP contribution is 2.26. The van der Waals surface area contributed by atoms with Gasteiger partial charge in [0.25, 0.3) is 0 Å². The Bertz CT molecular complexity index is 425. The van der Waals surface area contributed by atoms with E-state index in [4.69, 9.17) is 11.5 Å². The van der Waals surface area contributed by atoms with Gasteiger partial charge >= 0.3 is 0 Å². The van der Waals surface area contributed by atoms with Gasteiger partial charge in [-0.3, -0.25) is 9.78 Å². The molecule has 1 fully saturated rings. The Balaban J connectivity index is 2.35. The fourth-order valence-electron chi connectivity index (χ4n) is 2.38. The predicted octanol–water partition coefficient (Wildman–Crippen LogP) is -1.12. The number of carbonyl (C=O) groups excluding carboxylic acids is 1. The van der Waals surface area contributed by atoms with E-state index in [1.807, 2.05) is 6.92 Å². The monoisotopic (exact) mass is 249 g/mol. The molecule has 6 heteroatoms. The molecular formula is C12H17N4O2. The predicted molar refractivity (Wildman–Crippen MR) is 66.5 cm³/mol. The summed E-state index contributed by atoms with van der Waals surface area (Å²) < 4.78 is 0. The van der Waals surface area contributed by atoms with Gasteiger partial charge in [-0.15, -0.1) is 0 Å². The first-order valence-corrected chi connectivity index (χ1v) is 5.83. The average Bonchev–Trinajstić information content (AvgIpc) is 2.36. The van der Waals surface area contributed by atoms with Crippen LogP contribution in [0.5, 0.6) is 0 Å². The van der Waals surface area contributed by atoms with E-state index in [0.717, 1.165) is 0 Å². The third-order valence-electron chi connectivity index (χ3n) is 3.37. The summed E-state index contributed by atoms with van der Waals surface area (Å²) in [4.78, 5) is 17.2. The van der Waals surface area contributed by atoms with Crippen molar-refractivity contribution in [1.82, 2.24) is 4.98 Å². The molecule has 0 spiro atoms. The van der Waals surface area contributed by atoms with Gasteiger partial charge in [-0.2, -0.15) is 0 Å². The summed E-state index contributed by atoms with van der Waals surface area (Å²) in [5.41, 5.74) is 12.0. The highest BCUT2D eigenvalue weighted by molar-refractivity contribution is 5.85. The third-order valence-corrected chi connectivity index (χ3v) is 3.37. The van der Waals surface area contributed by atoms with E-state index in [-0.39, 0.29) is 5.92 Å². The molecule has 6 nitrogen and oxygen atoms in total. The number of aliphatic hydroxyl groups is 1. The van der Waals surface area contributed by atoms with Crippen molar-refractivity contribution in [1.29, 1.82) is 0 Å². The van der Waals surface area contributed by atoms with Gasteiger partial charge in [0.2, 0.25) is 5.91 Å². The van der Waals surface area contributed by atoms with Gasteiger partial charge in [0.15, 0.2) is 0 Å². The molecule has 0 saturated carbocycles. The van der Waals surface area contributed by atoms with Crippen molar-refractivity contribution in [3.05, 3.63) is 24.5 Å². The Hall–Kier alpha value is -1.66. The number of piperidine rings is 1. The second-order valence-electron chi connectivity index (χ2n) is 4.67. The summed E-state index contributed by atoms with van der Waals surface area (Å²) in [6.07, 6.45) is 2.40. The lowest BCUT2D eigenvalue weighted by molar-refractivity contribution is -0.121. The molecule has 4 atom stereocenters. The Morgan fingerprint density at radius 2 is 2.39 bits per heavy atom. The number of nitrogens with zero attached hydrogens (tertiary/aromatic N) is 2. The van der Waals surface area contributed by atoms with Crippen LogP contribution in [0.4, 0.5) is 5.69 Å². The summed E-state index contributed by atoms with van der Waals surface area (Å²) in [7, 11) is 0. The van der Waals surface area contributed by atoms with E-state index in [9.17, 15) is 9.90 Å². The van der Waals surface area contributed by atoms with Crippen LogP contribution in [0, 0.1) is 12.0 Å². The van der Waals surface area contributed by atoms with Gasteiger partial charge in [0.1, 0.15) is 6.04 Å². The fourth-order valence-corrected chi connectivity index (χ4v) is 2.38. The number of nitrogens with two attached hydrogens (primary N) is 2. The lowest BCUT2D eigenvalue weighted by Crippen LogP contribution is -2.66. The molecular weight excluding hydrogens is 232 g/mol. The highest BCUT2D eigenvalue weighted by Gasteiger charge is 2.42. The van der Waals surface area contributed by atoms with Gasteiger partial charge in [0, 0.05) is 36.6 Å². The van der Waals surface area contributed by atoms with E-state index < -0.39 is 24.1 Å². The van der Waals surface area contributed by atoms with E-state index in [1.54, 1.807) is 17.2 Å². The van der Waals surface area contributed by atoms with Crippen LogP contribution in [-0.4, -0.2) is 40.7 Å². The number of anilines is 1. The van der Waals surface area contributed by atoms with Crippen LogP contribution < -0.4 is 16.4 Å². The molecule has 97 valence electrons. The summed E-state index contributed by atoms with van der Waals surface area (Å²) in [5.74, 6) is -0.587. The molecule has 0 bridgehead atoms. The van der Waals surface area contributed by atoms with Crippen LogP contribution in [0.1, 0.15) is 6.92 Å². The smallest absolute Gasteiger partial charge is 0.241 e. The zero-order valence-electron chi connectivity index (χ0n) is 10.2. The quantitative estimate of drug-likeness (QED) is 0.615. The number of hydrogen-bond acceptors (Lipinski definition) is 5. The molecule has 2 rings (SSSR count). The second-order valence-corrected chi connectivity index (χ2v) is 4.67. The Morgan fingerprint density at radius 1 is 1.67 bits per heavy atom. The molecule has 1 aromatic rings. The molecule has 1 saturated heterocycles. The molecule has 5 N–H and O–H groups in total. The number of hydrogen-bond donors (Lipinski definition) is 3. The lowest BCUT2D eigenvalue weighted by Gasteiger charge is -2.44. The summed E-state index contributed by atoms with van der Waals surface area (Å²) in [6.45, 7) is 2.39. The van der Waals surface area contributed by atoms with E-state index >= 15 is 0 Å². The maximum atomic E-state index is 11.6. The number of aromatic nitrogens is 1. The van der Waals surface area contributed by atoms with Crippen molar-refractivity contribution < 1.29 is 9.90 Å². The van der Waals surface area contributed by atoms with Crippen LogP contribution in [0.3, 0.4) is 0 Å². The Labute approximate surface area is 106 Å². The van der Waals surface area contributed by atoms with E-state index in [1.165, 1.54) is 6.20 Å². The maximum Gasteiger partial charge on any atom is 0.241 e. The van der Waals surface area contributed by atoms with Gasteiger partial charge in [-0.05, 0) is 6.07 Å². The zero-order valence-corrected chi connectivity index (χ0v) is 10.2. The number of aliphatic hydroxyl groups excluding tert-OH is 1. The minimum Gasteiger partial charge on any atom is -0.391 e. The van der Waals surface area contributed by atoms with Gasteiger partial charge in [0.05, 0.1) is 12.1 Å². The van der Waals surface area contributed by atoms with Crippen LogP contribution in [0.15, 0.2) is 18.5 Å². The molecule has 2 heterocycles. The molecule has 0 aromatic carbocycles. The third kappa shape index (κ3) is 2.16. The summed E-state index contributed by atoms with van der Waals surface area (Å²) in [6, 6.07) is 3.26. The standard InChI is InChI=1S/C12H17N4O2/c1-7-6-16(8-2-4-15-5-3-8)10(12(14)18)9(13)11(7)17/h2,4-5,7,9-11,17H,6,13H2,1H3,(H2,14,18). The van der Waals surface area contributed by atoms with Crippen molar-refractivity contribution in [3.8, 4) is 0 Å². The molecule has 4 unspecified atom stereocenters. The topological polar surface area (TPSA) is 105 Å². The van der Waals surface area contributed by atoms with Crippen LogP contribution in [0.2, 0.25) is 0 Å². The van der Waals surface area contributed by atoms with Crippen molar-refractivity contribution in [3.63, 3.8) is 0 Å². The maximum absolute atomic E-state index is 11.6. The van der Waals surface area contributed by atoms with E-state index in [2.05, 4.69) is 11.1 Å². The largest absolute Gasteiger partial charge is 0.391 e. The lowest BCUT2D eigenvalue weighted by atomic mass is 9.86. The number of primary amides is 1. The summed E-state index contributed by atoms with van der Waals surface area (Å²) >= 11 is 0. The number of carbonyl (C=O) groups is 1. The van der Waals surface area contributed by atoms with Crippen LogP contribution >= 0.6 is 0 Å². The number of pyridine rings is 1. The normalized spacial score (nSPS) is 32.3. The zero-order chi connectivity index (χ0) is 13.3. The Morgan fingerprint density at radius 3 is 2.94 bits per heavy atom.